The fourth-order valence-electron chi connectivity index (χ4n) is 1.76. The Balaban J connectivity index is 1.81. The van der Waals surface area contributed by atoms with Crippen molar-refractivity contribution in [2.45, 2.75) is 25.3 Å². The van der Waals surface area contributed by atoms with Crippen molar-refractivity contribution < 1.29 is 0 Å². The number of hydrogen-bond donors (Lipinski definition) is 0. The van der Waals surface area contributed by atoms with E-state index in [0.29, 0.717) is 0 Å². The van der Waals surface area contributed by atoms with E-state index in [0.717, 1.165) is 12.0 Å². The zero-order valence-electron chi connectivity index (χ0n) is 6.22. The molecule has 1 heterocycles. The minimum Gasteiger partial charge on any atom is -0.300 e. The lowest BCUT2D eigenvalue weighted by Crippen LogP contribution is -2.22. The van der Waals surface area contributed by atoms with E-state index < -0.39 is 0 Å². The maximum Gasteiger partial charge on any atom is 0.00965 e. The number of likely N-dealkylation sites (tertiary alicyclic amines) is 1. The van der Waals surface area contributed by atoms with Gasteiger partial charge >= 0.3 is 0 Å². The van der Waals surface area contributed by atoms with Crippen LogP contribution in [-0.4, -0.2) is 29.4 Å². The van der Waals surface area contributed by atoms with Gasteiger partial charge in [-0.15, -0.1) is 0 Å². The van der Waals surface area contributed by atoms with E-state index in [1.807, 2.05) is 0 Å². The van der Waals surface area contributed by atoms with Gasteiger partial charge in [0.25, 0.3) is 0 Å². The molecule has 1 atom stereocenters. The van der Waals surface area contributed by atoms with Crippen molar-refractivity contribution in [3.8, 4) is 0 Å². The summed E-state index contributed by atoms with van der Waals surface area (Å²) in [7, 11) is 0. The summed E-state index contributed by atoms with van der Waals surface area (Å²) in [6.07, 6.45) is 4.35. The van der Waals surface area contributed by atoms with E-state index >= 15 is 0 Å². The van der Waals surface area contributed by atoms with Crippen LogP contribution < -0.4 is 0 Å². The quantitative estimate of drug-likeness (QED) is 0.620. The van der Waals surface area contributed by atoms with Crippen LogP contribution in [-0.2, 0) is 0 Å². The lowest BCUT2D eigenvalue weighted by molar-refractivity contribution is 0.318. The van der Waals surface area contributed by atoms with Crippen LogP contribution in [0, 0.1) is 5.92 Å². The lowest BCUT2D eigenvalue weighted by atomic mass is 10.2. The second-order valence-corrected chi connectivity index (χ2v) is 4.18. The standard InChI is InChI=1S/C8H14BrN/c9-5-7-3-4-10(6-7)8-1-2-8/h7-8H,1-6H2. The summed E-state index contributed by atoms with van der Waals surface area (Å²) in [6, 6.07) is 0.990. The van der Waals surface area contributed by atoms with E-state index in [-0.39, 0.29) is 0 Å². The maximum absolute atomic E-state index is 3.55. The Labute approximate surface area is 70.9 Å². The van der Waals surface area contributed by atoms with Crippen LogP contribution in [0.5, 0.6) is 0 Å². The molecule has 1 saturated heterocycles. The van der Waals surface area contributed by atoms with Crippen molar-refractivity contribution in [1.29, 1.82) is 0 Å². The zero-order valence-corrected chi connectivity index (χ0v) is 7.81. The van der Waals surface area contributed by atoms with Crippen LogP contribution in [0.25, 0.3) is 0 Å². The molecular formula is C8H14BrN. The summed E-state index contributed by atoms with van der Waals surface area (Å²) in [6.45, 7) is 2.72. The molecule has 0 spiro atoms. The Morgan fingerprint density at radius 2 is 2.10 bits per heavy atom. The average Bonchev–Trinajstić information content (AvgIpc) is 2.70. The molecule has 0 bridgehead atoms. The first-order chi connectivity index (χ1) is 4.90. The van der Waals surface area contributed by atoms with Crippen molar-refractivity contribution >= 4 is 15.9 Å². The van der Waals surface area contributed by atoms with Gasteiger partial charge in [0.2, 0.25) is 0 Å². The van der Waals surface area contributed by atoms with Crippen molar-refractivity contribution in [2.75, 3.05) is 18.4 Å². The number of alkyl halides is 1. The van der Waals surface area contributed by atoms with Gasteiger partial charge in [0.1, 0.15) is 0 Å². The molecule has 2 rings (SSSR count). The van der Waals surface area contributed by atoms with E-state index in [9.17, 15) is 0 Å². The van der Waals surface area contributed by atoms with Crippen LogP contribution in [0.4, 0.5) is 0 Å². The van der Waals surface area contributed by atoms with Gasteiger partial charge in [0.15, 0.2) is 0 Å². The smallest absolute Gasteiger partial charge is 0.00965 e. The minimum absolute atomic E-state index is 0.945. The molecule has 0 radical (unpaired) electrons. The number of hydrogen-bond acceptors (Lipinski definition) is 1. The molecule has 2 fully saturated rings. The fraction of sp³-hybridized carbons (Fsp3) is 1.00. The highest BCUT2D eigenvalue weighted by Gasteiger charge is 2.33. The van der Waals surface area contributed by atoms with Gasteiger partial charge in [0.05, 0.1) is 0 Å². The number of halogens is 1. The summed E-state index contributed by atoms with van der Waals surface area (Å²) in [5, 5.41) is 1.20. The monoisotopic (exact) mass is 203 g/mol. The zero-order chi connectivity index (χ0) is 6.97. The molecule has 0 aromatic carbocycles. The van der Waals surface area contributed by atoms with E-state index in [1.54, 1.807) is 0 Å². The molecule has 1 nitrogen and oxygen atoms in total. The number of nitrogens with zero attached hydrogens (tertiary/aromatic N) is 1. The summed E-state index contributed by atoms with van der Waals surface area (Å²) in [5.74, 6) is 0.945. The van der Waals surface area contributed by atoms with Gasteiger partial charge in [-0.25, -0.2) is 0 Å². The Hall–Kier alpha value is 0.440. The van der Waals surface area contributed by atoms with Crippen molar-refractivity contribution in [3.05, 3.63) is 0 Å². The molecule has 2 heteroatoms. The van der Waals surface area contributed by atoms with Crippen molar-refractivity contribution in [2.24, 2.45) is 5.92 Å². The molecule has 0 aromatic heterocycles. The largest absolute Gasteiger partial charge is 0.300 e. The Morgan fingerprint density at radius 1 is 1.30 bits per heavy atom. The molecular weight excluding hydrogens is 190 g/mol. The normalized spacial score (nSPS) is 35.1. The van der Waals surface area contributed by atoms with Crippen molar-refractivity contribution in [3.63, 3.8) is 0 Å². The molecule has 0 aromatic rings. The molecule has 0 N–H and O–H groups in total. The van der Waals surface area contributed by atoms with Gasteiger partial charge in [-0.3, -0.25) is 0 Å². The summed E-state index contributed by atoms with van der Waals surface area (Å²) >= 11 is 3.55. The Kier molecular flexibility index (Phi) is 2.01. The molecule has 1 saturated carbocycles. The molecule has 1 unspecified atom stereocenters. The van der Waals surface area contributed by atoms with Crippen LogP contribution >= 0.6 is 15.9 Å². The summed E-state index contributed by atoms with van der Waals surface area (Å²) < 4.78 is 0. The van der Waals surface area contributed by atoms with E-state index in [4.69, 9.17) is 0 Å². The molecule has 0 amide bonds. The number of rotatable bonds is 2. The van der Waals surface area contributed by atoms with Crippen LogP contribution in [0.2, 0.25) is 0 Å². The minimum atomic E-state index is 0.945. The third kappa shape index (κ3) is 1.37. The first-order valence-electron chi connectivity index (χ1n) is 4.20. The molecule has 10 heavy (non-hydrogen) atoms. The predicted octanol–water partition coefficient (Wildman–Crippen LogP) is 1.87. The van der Waals surface area contributed by atoms with Crippen LogP contribution in [0.1, 0.15) is 19.3 Å². The third-order valence-electron chi connectivity index (χ3n) is 2.60. The molecule has 1 aliphatic heterocycles. The molecule has 1 aliphatic carbocycles. The molecule has 2 aliphatic rings. The van der Waals surface area contributed by atoms with E-state index in [2.05, 4.69) is 20.8 Å². The Morgan fingerprint density at radius 3 is 2.60 bits per heavy atom. The van der Waals surface area contributed by atoms with Crippen LogP contribution in [0.3, 0.4) is 0 Å². The van der Waals surface area contributed by atoms with Gasteiger partial charge in [-0.2, -0.15) is 0 Å². The first-order valence-corrected chi connectivity index (χ1v) is 5.32. The highest BCUT2D eigenvalue weighted by molar-refractivity contribution is 9.09. The first kappa shape index (κ1) is 7.11. The highest BCUT2D eigenvalue weighted by Crippen LogP contribution is 2.31. The SMILES string of the molecule is BrCC1CCN(C2CC2)C1. The fourth-order valence-corrected chi connectivity index (χ4v) is 2.29. The maximum atomic E-state index is 3.55. The van der Waals surface area contributed by atoms with Gasteiger partial charge < -0.3 is 4.90 Å². The van der Waals surface area contributed by atoms with E-state index in [1.165, 1.54) is 37.7 Å². The Bertz CT molecular complexity index is 122. The van der Waals surface area contributed by atoms with Crippen molar-refractivity contribution in [1.82, 2.24) is 4.90 Å². The topological polar surface area (TPSA) is 3.24 Å². The van der Waals surface area contributed by atoms with Gasteiger partial charge in [0, 0.05) is 17.9 Å². The third-order valence-corrected chi connectivity index (χ3v) is 3.51. The van der Waals surface area contributed by atoms with Gasteiger partial charge in [-0.05, 0) is 31.7 Å². The highest BCUT2D eigenvalue weighted by atomic mass is 79.9. The lowest BCUT2D eigenvalue weighted by Gasteiger charge is -2.13. The summed E-state index contributed by atoms with van der Waals surface area (Å²) in [4.78, 5) is 2.66. The average molecular weight is 204 g/mol. The predicted molar refractivity (Wildman–Crippen MR) is 46.5 cm³/mol. The molecule has 58 valence electrons. The van der Waals surface area contributed by atoms with Gasteiger partial charge in [-0.1, -0.05) is 15.9 Å². The second kappa shape index (κ2) is 2.82. The second-order valence-electron chi connectivity index (χ2n) is 3.54. The van der Waals surface area contributed by atoms with Crippen LogP contribution in [0.15, 0.2) is 0 Å². The summed E-state index contributed by atoms with van der Waals surface area (Å²) in [5.41, 5.74) is 0.